The molecule has 1 aliphatic heterocycles. The normalized spacial score (nSPS) is 18.1. The van der Waals surface area contributed by atoms with Crippen LogP contribution < -0.4 is 4.74 Å². The predicted molar refractivity (Wildman–Crippen MR) is 96.5 cm³/mol. The molecule has 0 bridgehead atoms. The highest BCUT2D eigenvalue weighted by Gasteiger charge is 2.31. The van der Waals surface area contributed by atoms with Gasteiger partial charge in [-0.2, -0.15) is 9.57 Å². The van der Waals surface area contributed by atoms with Crippen molar-refractivity contribution >= 4 is 16.1 Å². The molecule has 7 nitrogen and oxygen atoms in total. The fourth-order valence-corrected chi connectivity index (χ4v) is 3.83. The van der Waals surface area contributed by atoms with E-state index in [1.54, 1.807) is 6.08 Å². The first kappa shape index (κ1) is 18.0. The lowest BCUT2D eigenvalue weighted by atomic mass is 10.2. The molecule has 1 fully saturated rings. The van der Waals surface area contributed by atoms with E-state index in [9.17, 15) is 8.42 Å². The van der Waals surface area contributed by atoms with E-state index in [1.807, 2.05) is 37.3 Å². The number of aryl methyl sites for hydroxylation is 1. The fraction of sp³-hybridized carbons (Fsp3) is 0.278. The molecule has 1 aliphatic rings. The molecule has 0 amide bonds. The van der Waals surface area contributed by atoms with E-state index in [4.69, 9.17) is 10.00 Å². The molecule has 1 aromatic carbocycles. The highest BCUT2D eigenvalue weighted by Crippen LogP contribution is 2.21. The average molecular weight is 370 g/mol. The van der Waals surface area contributed by atoms with E-state index >= 15 is 0 Å². The maximum atomic E-state index is 12.5. The van der Waals surface area contributed by atoms with E-state index in [0.717, 1.165) is 11.1 Å². The summed E-state index contributed by atoms with van der Waals surface area (Å²) in [6, 6.07) is 9.51. The minimum absolute atomic E-state index is 0.0908. The summed E-state index contributed by atoms with van der Waals surface area (Å²) in [4.78, 5) is 7.88. The molecule has 0 saturated carbocycles. The van der Waals surface area contributed by atoms with Gasteiger partial charge in [0, 0.05) is 24.3 Å². The minimum atomic E-state index is -3.54. The maximum Gasteiger partial charge on any atom is 0.251 e. The van der Waals surface area contributed by atoms with Gasteiger partial charge in [0.15, 0.2) is 0 Å². The van der Waals surface area contributed by atoms with Gasteiger partial charge in [0.05, 0.1) is 6.54 Å². The number of nitriles is 1. The van der Waals surface area contributed by atoms with Crippen molar-refractivity contribution in [2.45, 2.75) is 19.4 Å². The van der Waals surface area contributed by atoms with Crippen LogP contribution in [0.1, 0.15) is 23.2 Å². The predicted octanol–water partition coefficient (Wildman–Crippen LogP) is 2.11. The SMILES string of the molecule is Cc1ccc(/C=C/S(=O)(=O)N2CC[C@@H](Oc3nccnc3C#N)C2)cc1. The molecular formula is C18H18N4O3S. The van der Waals surface area contributed by atoms with Gasteiger partial charge in [0.2, 0.25) is 15.7 Å². The fourth-order valence-electron chi connectivity index (χ4n) is 2.60. The third kappa shape index (κ3) is 4.25. The number of sulfonamides is 1. The molecule has 2 aromatic rings. The second-order valence-electron chi connectivity index (χ2n) is 5.97. The zero-order valence-electron chi connectivity index (χ0n) is 14.2. The molecule has 0 N–H and O–H groups in total. The Bertz CT molecular complexity index is 949. The topological polar surface area (TPSA) is 96.2 Å². The van der Waals surface area contributed by atoms with Gasteiger partial charge in [-0.3, -0.25) is 0 Å². The highest BCUT2D eigenvalue weighted by atomic mass is 32.2. The van der Waals surface area contributed by atoms with Crippen LogP contribution in [-0.2, 0) is 10.0 Å². The summed E-state index contributed by atoms with van der Waals surface area (Å²) >= 11 is 0. The van der Waals surface area contributed by atoms with Crippen LogP contribution in [0.3, 0.4) is 0 Å². The zero-order valence-corrected chi connectivity index (χ0v) is 15.1. The van der Waals surface area contributed by atoms with Gasteiger partial charge in [0.25, 0.3) is 5.88 Å². The van der Waals surface area contributed by atoms with Crippen molar-refractivity contribution < 1.29 is 13.2 Å². The summed E-state index contributed by atoms with van der Waals surface area (Å²) in [5, 5.41) is 10.2. The van der Waals surface area contributed by atoms with Gasteiger partial charge in [-0.25, -0.2) is 18.4 Å². The Morgan fingerprint density at radius 3 is 2.73 bits per heavy atom. The van der Waals surface area contributed by atoms with Crippen molar-refractivity contribution in [3.05, 3.63) is 58.9 Å². The van der Waals surface area contributed by atoms with Gasteiger partial charge in [-0.05, 0) is 25.0 Å². The lowest BCUT2D eigenvalue weighted by Gasteiger charge is -2.15. The van der Waals surface area contributed by atoms with E-state index < -0.39 is 10.0 Å². The Morgan fingerprint density at radius 1 is 1.27 bits per heavy atom. The van der Waals surface area contributed by atoms with Crippen LogP contribution >= 0.6 is 0 Å². The van der Waals surface area contributed by atoms with Crippen LogP contribution in [0.15, 0.2) is 42.1 Å². The lowest BCUT2D eigenvalue weighted by Crippen LogP contribution is -2.29. The molecule has 1 aromatic heterocycles. The monoisotopic (exact) mass is 370 g/mol. The summed E-state index contributed by atoms with van der Waals surface area (Å²) in [5.41, 5.74) is 2.03. The zero-order chi connectivity index (χ0) is 18.6. The highest BCUT2D eigenvalue weighted by molar-refractivity contribution is 7.92. The van der Waals surface area contributed by atoms with E-state index in [1.165, 1.54) is 22.1 Å². The van der Waals surface area contributed by atoms with Crippen LogP contribution in [0.25, 0.3) is 6.08 Å². The molecule has 134 valence electrons. The summed E-state index contributed by atoms with van der Waals surface area (Å²) in [6.45, 7) is 2.54. The molecule has 0 aliphatic carbocycles. The number of nitrogens with zero attached hydrogens (tertiary/aromatic N) is 4. The van der Waals surface area contributed by atoms with Crippen molar-refractivity contribution in [3.8, 4) is 11.9 Å². The first-order valence-corrected chi connectivity index (χ1v) is 9.61. The second-order valence-corrected chi connectivity index (χ2v) is 7.79. The first-order chi connectivity index (χ1) is 12.5. The molecule has 0 spiro atoms. The van der Waals surface area contributed by atoms with E-state index in [0.29, 0.717) is 13.0 Å². The first-order valence-electron chi connectivity index (χ1n) is 8.10. The molecule has 8 heteroatoms. The number of rotatable bonds is 5. The molecule has 0 radical (unpaired) electrons. The average Bonchev–Trinajstić information content (AvgIpc) is 3.11. The largest absolute Gasteiger partial charge is 0.471 e. The summed E-state index contributed by atoms with van der Waals surface area (Å²) in [6.07, 6.45) is 4.59. The number of benzene rings is 1. The number of hydrogen-bond donors (Lipinski definition) is 0. The molecule has 3 rings (SSSR count). The molecular weight excluding hydrogens is 352 g/mol. The third-order valence-electron chi connectivity index (χ3n) is 4.03. The Labute approximate surface area is 152 Å². The maximum absolute atomic E-state index is 12.5. The summed E-state index contributed by atoms with van der Waals surface area (Å²) in [7, 11) is -3.54. The van der Waals surface area contributed by atoms with Crippen LogP contribution in [0.2, 0.25) is 0 Å². The van der Waals surface area contributed by atoms with Crippen LogP contribution in [0.5, 0.6) is 5.88 Å². The lowest BCUT2D eigenvalue weighted by molar-refractivity contribution is 0.205. The molecule has 0 unspecified atom stereocenters. The minimum Gasteiger partial charge on any atom is -0.471 e. The van der Waals surface area contributed by atoms with Crippen molar-refractivity contribution in [1.82, 2.24) is 14.3 Å². The van der Waals surface area contributed by atoms with Gasteiger partial charge >= 0.3 is 0 Å². The van der Waals surface area contributed by atoms with Crippen molar-refractivity contribution in [3.63, 3.8) is 0 Å². The number of ether oxygens (including phenoxy) is 1. The van der Waals surface area contributed by atoms with Crippen molar-refractivity contribution in [1.29, 1.82) is 5.26 Å². The number of aromatic nitrogens is 2. The molecule has 1 saturated heterocycles. The standard InChI is InChI=1S/C18H18N4O3S/c1-14-2-4-15(5-3-14)7-11-26(23,24)22-10-6-16(13-22)25-18-17(12-19)20-8-9-21-18/h2-5,7-9,11,16H,6,10,13H2,1H3/b11-7+/t16-/m1/s1. The smallest absolute Gasteiger partial charge is 0.251 e. The van der Waals surface area contributed by atoms with Gasteiger partial charge in [-0.15, -0.1) is 0 Å². The molecule has 2 heterocycles. The van der Waals surface area contributed by atoms with Crippen molar-refractivity contribution in [2.24, 2.45) is 0 Å². The summed E-state index contributed by atoms with van der Waals surface area (Å²) in [5.74, 6) is 0.134. The Hall–Kier alpha value is -2.76. The van der Waals surface area contributed by atoms with E-state index in [2.05, 4.69) is 9.97 Å². The van der Waals surface area contributed by atoms with Gasteiger partial charge < -0.3 is 4.74 Å². The van der Waals surface area contributed by atoms with Crippen molar-refractivity contribution in [2.75, 3.05) is 13.1 Å². The third-order valence-corrected chi connectivity index (χ3v) is 5.56. The summed E-state index contributed by atoms with van der Waals surface area (Å²) < 4.78 is 32.0. The Morgan fingerprint density at radius 2 is 2.00 bits per heavy atom. The quantitative estimate of drug-likeness (QED) is 0.800. The van der Waals surface area contributed by atoms with Crippen LogP contribution in [-0.4, -0.2) is 41.9 Å². The second kappa shape index (κ2) is 7.64. The van der Waals surface area contributed by atoms with Gasteiger partial charge in [0.1, 0.15) is 12.2 Å². The Kier molecular flexibility index (Phi) is 5.30. The van der Waals surface area contributed by atoms with Crippen LogP contribution in [0.4, 0.5) is 0 Å². The van der Waals surface area contributed by atoms with E-state index in [-0.39, 0.29) is 24.2 Å². The molecule has 1 atom stereocenters. The van der Waals surface area contributed by atoms with Gasteiger partial charge in [-0.1, -0.05) is 29.8 Å². The van der Waals surface area contributed by atoms with Crippen LogP contribution in [0, 0.1) is 18.3 Å². The molecule has 26 heavy (non-hydrogen) atoms. The number of hydrogen-bond acceptors (Lipinski definition) is 6. The Balaban J connectivity index is 1.65.